The van der Waals surface area contributed by atoms with Crippen molar-refractivity contribution < 1.29 is 0 Å². The maximum Gasteiger partial charge on any atom is 0.129 e. The molecular formula is C10H8ClNS. The van der Waals surface area contributed by atoms with Crippen molar-refractivity contribution in [1.82, 2.24) is 4.98 Å². The van der Waals surface area contributed by atoms with Gasteiger partial charge in [0, 0.05) is 16.5 Å². The van der Waals surface area contributed by atoms with Crippen LogP contribution in [0.1, 0.15) is 0 Å². The van der Waals surface area contributed by atoms with E-state index in [4.69, 9.17) is 11.6 Å². The van der Waals surface area contributed by atoms with Crippen LogP contribution in [0, 0.1) is 0 Å². The molecule has 1 nitrogen and oxygen atoms in total. The van der Waals surface area contributed by atoms with Gasteiger partial charge < -0.3 is 0 Å². The van der Waals surface area contributed by atoms with E-state index in [-0.39, 0.29) is 0 Å². The highest BCUT2D eigenvalue weighted by Crippen LogP contribution is 2.27. The summed E-state index contributed by atoms with van der Waals surface area (Å²) in [6.45, 7) is 0. The van der Waals surface area contributed by atoms with Gasteiger partial charge in [-0.05, 0) is 23.8 Å². The van der Waals surface area contributed by atoms with Gasteiger partial charge in [-0.3, -0.25) is 0 Å². The van der Waals surface area contributed by atoms with Crippen LogP contribution in [0.15, 0.2) is 35.4 Å². The van der Waals surface area contributed by atoms with Gasteiger partial charge in [-0.2, -0.15) is 0 Å². The van der Waals surface area contributed by atoms with Gasteiger partial charge in [0.05, 0.1) is 0 Å². The Morgan fingerprint density at radius 2 is 2.23 bits per heavy atom. The van der Waals surface area contributed by atoms with Gasteiger partial charge in [-0.15, -0.1) is 11.8 Å². The molecule has 66 valence electrons. The molecule has 0 spiro atoms. The molecule has 0 fully saturated rings. The second kappa shape index (κ2) is 3.56. The summed E-state index contributed by atoms with van der Waals surface area (Å²) in [5.74, 6) is 0. The average molecular weight is 210 g/mol. The first-order valence-corrected chi connectivity index (χ1v) is 5.50. The van der Waals surface area contributed by atoms with Gasteiger partial charge >= 0.3 is 0 Å². The molecular weight excluding hydrogens is 202 g/mol. The van der Waals surface area contributed by atoms with Gasteiger partial charge in [0.1, 0.15) is 5.15 Å². The third-order valence-electron chi connectivity index (χ3n) is 1.91. The van der Waals surface area contributed by atoms with Gasteiger partial charge in [0.2, 0.25) is 0 Å². The van der Waals surface area contributed by atoms with E-state index in [1.807, 2.05) is 18.2 Å². The Balaban J connectivity index is 2.79. The van der Waals surface area contributed by atoms with E-state index in [1.165, 1.54) is 10.3 Å². The fraction of sp³-hybridized carbons (Fsp3) is 0.100. The molecule has 0 amide bonds. The lowest BCUT2D eigenvalue weighted by molar-refractivity contribution is 1.35. The minimum absolute atomic E-state index is 0.550. The summed E-state index contributed by atoms with van der Waals surface area (Å²) in [7, 11) is 0. The van der Waals surface area contributed by atoms with Crippen LogP contribution in [0.5, 0.6) is 0 Å². The average Bonchev–Trinajstić information content (AvgIpc) is 2.17. The first kappa shape index (κ1) is 8.85. The highest BCUT2D eigenvalue weighted by atomic mass is 35.5. The summed E-state index contributed by atoms with van der Waals surface area (Å²) in [6.07, 6.45) is 3.86. The number of hydrogen-bond acceptors (Lipinski definition) is 2. The number of rotatable bonds is 1. The fourth-order valence-corrected chi connectivity index (χ4v) is 2.06. The van der Waals surface area contributed by atoms with Crippen LogP contribution in [0.2, 0.25) is 5.15 Å². The third kappa shape index (κ3) is 1.64. The van der Waals surface area contributed by atoms with Crippen LogP contribution in [0.25, 0.3) is 10.8 Å². The Morgan fingerprint density at radius 1 is 1.38 bits per heavy atom. The van der Waals surface area contributed by atoms with Gasteiger partial charge in [-0.1, -0.05) is 23.7 Å². The molecule has 0 radical (unpaired) electrons. The molecule has 2 rings (SSSR count). The zero-order chi connectivity index (χ0) is 9.26. The Labute approximate surface area is 86.1 Å². The number of fused-ring (bicyclic) bond motifs is 1. The molecule has 0 bridgehead atoms. The standard InChI is InChI=1S/C10H8ClNS/c1-13-9-4-2-3-7-6-12-10(11)5-8(7)9/h2-6H,1H3. The van der Waals surface area contributed by atoms with Crippen molar-refractivity contribution in [3.8, 4) is 0 Å². The van der Waals surface area contributed by atoms with Crippen LogP contribution in [-0.4, -0.2) is 11.2 Å². The molecule has 3 heteroatoms. The first-order valence-electron chi connectivity index (χ1n) is 3.89. The highest BCUT2D eigenvalue weighted by Gasteiger charge is 2.00. The maximum absolute atomic E-state index is 5.83. The molecule has 1 aromatic heterocycles. The maximum atomic E-state index is 5.83. The number of halogens is 1. The molecule has 0 saturated heterocycles. The summed E-state index contributed by atoms with van der Waals surface area (Å²) in [4.78, 5) is 5.28. The monoisotopic (exact) mass is 209 g/mol. The number of hydrogen-bond donors (Lipinski definition) is 0. The summed E-state index contributed by atoms with van der Waals surface area (Å²) < 4.78 is 0. The van der Waals surface area contributed by atoms with E-state index in [0.29, 0.717) is 5.15 Å². The molecule has 1 aromatic carbocycles. The SMILES string of the molecule is CSc1cccc2cnc(Cl)cc12. The van der Waals surface area contributed by atoms with Gasteiger partial charge in [0.15, 0.2) is 0 Å². The highest BCUT2D eigenvalue weighted by molar-refractivity contribution is 7.98. The van der Waals surface area contributed by atoms with Crippen LogP contribution in [0.3, 0.4) is 0 Å². The van der Waals surface area contributed by atoms with E-state index >= 15 is 0 Å². The molecule has 13 heavy (non-hydrogen) atoms. The summed E-state index contributed by atoms with van der Waals surface area (Å²) >= 11 is 7.55. The minimum Gasteiger partial charge on any atom is -0.244 e. The number of nitrogens with zero attached hydrogens (tertiary/aromatic N) is 1. The zero-order valence-electron chi connectivity index (χ0n) is 7.12. The molecule has 0 saturated carbocycles. The van der Waals surface area contributed by atoms with Crippen molar-refractivity contribution in [2.24, 2.45) is 0 Å². The van der Waals surface area contributed by atoms with E-state index in [0.717, 1.165) is 5.39 Å². The van der Waals surface area contributed by atoms with Crippen molar-refractivity contribution in [3.63, 3.8) is 0 Å². The fourth-order valence-electron chi connectivity index (χ4n) is 1.29. The predicted molar refractivity (Wildman–Crippen MR) is 58.5 cm³/mol. The van der Waals surface area contributed by atoms with Crippen LogP contribution >= 0.6 is 23.4 Å². The molecule has 0 aliphatic rings. The third-order valence-corrected chi connectivity index (χ3v) is 2.91. The lowest BCUT2D eigenvalue weighted by Crippen LogP contribution is -1.79. The Kier molecular flexibility index (Phi) is 2.42. The number of aromatic nitrogens is 1. The smallest absolute Gasteiger partial charge is 0.129 e. The lowest BCUT2D eigenvalue weighted by atomic mass is 10.2. The van der Waals surface area contributed by atoms with Gasteiger partial charge in [-0.25, -0.2) is 4.98 Å². The van der Waals surface area contributed by atoms with Crippen LogP contribution in [0.4, 0.5) is 0 Å². The molecule has 0 aliphatic heterocycles. The Morgan fingerprint density at radius 3 is 3.00 bits per heavy atom. The van der Waals surface area contributed by atoms with E-state index in [1.54, 1.807) is 18.0 Å². The molecule has 1 heterocycles. The van der Waals surface area contributed by atoms with E-state index in [9.17, 15) is 0 Å². The Hall–Kier alpha value is -0.730. The first-order chi connectivity index (χ1) is 6.31. The number of thioether (sulfide) groups is 1. The van der Waals surface area contributed by atoms with Crippen molar-refractivity contribution >= 4 is 34.1 Å². The summed E-state index contributed by atoms with van der Waals surface area (Å²) in [5, 5.41) is 2.86. The van der Waals surface area contributed by atoms with E-state index < -0.39 is 0 Å². The summed E-state index contributed by atoms with van der Waals surface area (Å²) in [6, 6.07) is 8.06. The second-order valence-corrected chi connectivity index (χ2v) is 3.92. The summed E-state index contributed by atoms with van der Waals surface area (Å²) in [5.41, 5.74) is 0. The van der Waals surface area contributed by atoms with Gasteiger partial charge in [0.25, 0.3) is 0 Å². The zero-order valence-corrected chi connectivity index (χ0v) is 8.69. The largest absolute Gasteiger partial charge is 0.244 e. The Bertz CT molecular complexity index is 442. The van der Waals surface area contributed by atoms with Crippen LogP contribution in [-0.2, 0) is 0 Å². The molecule has 0 N–H and O–H groups in total. The van der Waals surface area contributed by atoms with Crippen molar-refractivity contribution in [2.75, 3.05) is 6.26 Å². The quantitative estimate of drug-likeness (QED) is 0.526. The topological polar surface area (TPSA) is 12.9 Å². The normalized spacial score (nSPS) is 10.6. The van der Waals surface area contributed by atoms with Crippen molar-refractivity contribution in [3.05, 3.63) is 35.6 Å². The van der Waals surface area contributed by atoms with Crippen molar-refractivity contribution in [1.29, 1.82) is 0 Å². The second-order valence-electron chi connectivity index (χ2n) is 2.69. The number of pyridine rings is 1. The van der Waals surface area contributed by atoms with Crippen molar-refractivity contribution in [2.45, 2.75) is 4.90 Å². The molecule has 0 aliphatic carbocycles. The molecule has 0 atom stereocenters. The minimum atomic E-state index is 0.550. The predicted octanol–water partition coefficient (Wildman–Crippen LogP) is 3.61. The molecule has 2 aromatic rings. The number of benzene rings is 1. The molecule has 0 unspecified atom stereocenters. The lowest BCUT2D eigenvalue weighted by Gasteiger charge is -2.02. The van der Waals surface area contributed by atoms with E-state index in [2.05, 4.69) is 17.3 Å². The van der Waals surface area contributed by atoms with Crippen LogP contribution < -0.4 is 0 Å².